The molecule has 0 spiro atoms. The molecule has 32 heavy (non-hydrogen) atoms. The normalized spacial score (nSPS) is 14.8. The highest BCUT2D eigenvalue weighted by Gasteiger charge is 2.25. The Bertz CT molecular complexity index is 1290. The van der Waals surface area contributed by atoms with Gasteiger partial charge >= 0.3 is 0 Å². The molecule has 0 saturated carbocycles. The van der Waals surface area contributed by atoms with Gasteiger partial charge in [0.15, 0.2) is 0 Å². The quantitative estimate of drug-likeness (QED) is 0.481. The first kappa shape index (κ1) is 19.7. The third-order valence-electron chi connectivity index (χ3n) is 5.30. The van der Waals surface area contributed by atoms with E-state index in [2.05, 4.69) is 51.1 Å². The summed E-state index contributed by atoms with van der Waals surface area (Å²) in [7, 11) is 0. The van der Waals surface area contributed by atoms with E-state index in [1.807, 2.05) is 37.3 Å². The molecule has 1 atom stereocenters. The van der Waals surface area contributed by atoms with Crippen LogP contribution in [-0.2, 0) is 0 Å². The SMILES string of the molecule is Cc1ccc(C2=C[C@@H](c3ccccc3)n3nc(NC(=O)c4ccc(F)cc4)nc3N2)cc1. The number of nitrogens with zero attached hydrogens (tertiary/aromatic N) is 3. The van der Waals surface area contributed by atoms with Crippen molar-refractivity contribution in [3.63, 3.8) is 0 Å². The number of carbonyl (C=O) groups is 1. The van der Waals surface area contributed by atoms with Crippen molar-refractivity contribution in [1.82, 2.24) is 14.8 Å². The predicted molar refractivity (Wildman–Crippen MR) is 122 cm³/mol. The van der Waals surface area contributed by atoms with Gasteiger partial charge in [0, 0.05) is 11.3 Å². The molecule has 2 heterocycles. The number of allylic oxidation sites excluding steroid dienone is 1. The third kappa shape index (κ3) is 3.88. The monoisotopic (exact) mass is 425 g/mol. The van der Waals surface area contributed by atoms with E-state index in [1.165, 1.54) is 29.8 Å². The summed E-state index contributed by atoms with van der Waals surface area (Å²) in [4.78, 5) is 17.0. The summed E-state index contributed by atoms with van der Waals surface area (Å²) in [5.74, 6) is -0.120. The number of fused-ring (bicyclic) bond motifs is 1. The first-order valence-corrected chi connectivity index (χ1v) is 10.2. The van der Waals surface area contributed by atoms with Crippen molar-refractivity contribution in [3.05, 3.63) is 113 Å². The summed E-state index contributed by atoms with van der Waals surface area (Å²) in [6.45, 7) is 2.05. The highest BCUT2D eigenvalue weighted by Crippen LogP contribution is 2.33. The molecule has 4 aromatic rings. The van der Waals surface area contributed by atoms with E-state index in [-0.39, 0.29) is 12.0 Å². The second-order valence-electron chi connectivity index (χ2n) is 7.59. The van der Waals surface area contributed by atoms with E-state index in [0.29, 0.717) is 11.5 Å². The Kier molecular flexibility index (Phi) is 4.99. The number of anilines is 2. The fraction of sp³-hybridized carbons (Fsp3) is 0.0800. The molecule has 1 aliphatic heterocycles. The first-order chi connectivity index (χ1) is 15.6. The lowest BCUT2D eigenvalue weighted by Crippen LogP contribution is -2.20. The fourth-order valence-corrected chi connectivity index (χ4v) is 3.61. The number of amides is 1. The van der Waals surface area contributed by atoms with Crippen molar-refractivity contribution in [2.45, 2.75) is 13.0 Å². The molecule has 7 heteroatoms. The Balaban J connectivity index is 1.49. The topological polar surface area (TPSA) is 71.8 Å². The van der Waals surface area contributed by atoms with Crippen LogP contribution in [-0.4, -0.2) is 20.7 Å². The zero-order valence-corrected chi connectivity index (χ0v) is 17.3. The number of hydrogen-bond donors (Lipinski definition) is 2. The number of halogens is 1. The lowest BCUT2D eigenvalue weighted by molar-refractivity contribution is 0.102. The van der Waals surface area contributed by atoms with E-state index in [0.717, 1.165) is 16.8 Å². The van der Waals surface area contributed by atoms with Gasteiger partial charge in [-0.3, -0.25) is 10.1 Å². The molecule has 2 N–H and O–H groups in total. The maximum atomic E-state index is 13.2. The Morgan fingerprint density at radius 2 is 1.72 bits per heavy atom. The van der Waals surface area contributed by atoms with Gasteiger partial charge in [0.2, 0.25) is 5.95 Å². The zero-order chi connectivity index (χ0) is 22.1. The summed E-state index contributed by atoms with van der Waals surface area (Å²) in [6.07, 6.45) is 2.09. The van der Waals surface area contributed by atoms with Gasteiger partial charge < -0.3 is 5.32 Å². The van der Waals surface area contributed by atoms with Gasteiger partial charge in [-0.25, -0.2) is 9.07 Å². The van der Waals surface area contributed by atoms with E-state index in [4.69, 9.17) is 0 Å². The number of hydrogen-bond acceptors (Lipinski definition) is 4. The smallest absolute Gasteiger partial charge is 0.258 e. The minimum absolute atomic E-state index is 0.168. The van der Waals surface area contributed by atoms with Crippen LogP contribution < -0.4 is 10.6 Å². The molecule has 0 bridgehead atoms. The molecule has 0 aliphatic carbocycles. The van der Waals surface area contributed by atoms with Gasteiger partial charge in [0.05, 0.1) is 0 Å². The molecule has 0 saturated heterocycles. The van der Waals surface area contributed by atoms with Crippen molar-refractivity contribution in [1.29, 1.82) is 0 Å². The molecule has 158 valence electrons. The van der Waals surface area contributed by atoms with Gasteiger partial charge in [0.25, 0.3) is 11.9 Å². The number of carbonyl (C=O) groups excluding carboxylic acids is 1. The lowest BCUT2D eigenvalue weighted by atomic mass is 10.0. The second-order valence-corrected chi connectivity index (χ2v) is 7.59. The Morgan fingerprint density at radius 3 is 2.44 bits per heavy atom. The highest BCUT2D eigenvalue weighted by molar-refractivity contribution is 6.03. The van der Waals surface area contributed by atoms with Crippen LogP contribution in [0.25, 0.3) is 5.70 Å². The van der Waals surface area contributed by atoms with Gasteiger partial charge in [-0.15, -0.1) is 5.10 Å². The molecular formula is C25H20FN5O. The van der Waals surface area contributed by atoms with Crippen LogP contribution in [0.1, 0.15) is 33.1 Å². The second kappa shape index (κ2) is 8.11. The van der Waals surface area contributed by atoms with Crippen LogP contribution in [0.2, 0.25) is 0 Å². The largest absolute Gasteiger partial charge is 0.324 e. The van der Waals surface area contributed by atoms with Gasteiger partial charge in [-0.05, 0) is 48.4 Å². The van der Waals surface area contributed by atoms with Gasteiger partial charge in [-0.2, -0.15) is 4.98 Å². The van der Waals surface area contributed by atoms with Crippen LogP contribution in [0, 0.1) is 12.7 Å². The van der Waals surface area contributed by atoms with Gasteiger partial charge in [-0.1, -0.05) is 60.2 Å². The van der Waals surface area contributed by atoms with Crippen LogP contribution >= 0.6 is 0 Å². The maximum absolute atomic E-state index is 13.2. The highest BCUT2D eigenvalue weighted by atomic mass is 19.1. The fourth-order valence-electron chi connectivity index (χ4n) is 3.61. The minimum atomic E-state index is -0.407. The number of rotatable bonds is 4. The summed E-state index contributed by atoms with van der Waals surface area (Å²) in [5, 5.41) is 10.6. The van der Waals surface area contributed by atoms with Crippen molar-refractivity contribution in [2.24, 2.45) is 0 Å². The van der Waals surface area contributed by atoms with Crippen LogP contribution in [0.5, 0.6) is 0 Å². The molecule has 0 unspecified atom stereocenters. The van der Waals surface area contributed by atoms with E-state index in [9.17, 15) is 9.18 Å². The molecule has 3 aromatic carbocycles. The predicted octanol–water partition coefficient (Wildman–Crippen LogP) is 5.03. The maximum Gasteiger partial charge on any atom is 0.258 e. The van der Waals surface area contributed by atoms with Gasteiger partial charge in [0.1, 0.15) is 11.9 Å². The summed E-state index contributed by atoms with van der Waals surface area (Å²) >= 11 is 0. The molecule has 6 nitrogen and oxygen atoms in total. The third-order valence-corrected chi connectivity index (χ3v) is 5.30. The Labute approximate surface area is 184 Å². The molecule has 1 aliphatic rings. The summed E-state index contributed by atoms with van der Waals surface area (Å²) in [5.41, 5.74) is 4.49. The van der Waals surface area contributed by atoms with Crippen molar-refractivity contribution < 1.29 is 9.18 Å². The molecule has 1 aromatic heterocycles. The Morgan fingerprint density at radius 1 is 1.00 bits per heavy atom. The van der Waals surface area contributed by atoms with Crippen LogP contribution in [0.15, 0.2) is 84.9 Å². The molecule has 1 amide bonds. The standard InChI is InChI=1S/C25H20FN5O/c1-16-7-9-17(10-8-16)21-15-22(18-5-3-2-4-6-18)31-25(27-21)29-24(30-31)28-23(32)19-11-13-20(26)14-12-19/h2-15,22H,1H3,(H2,27,28,29,30,32)/t22-/m0/s1. The van der Waals surface area contributed by atoms with E-state index < -0.39 is 11.7 Å². The first-order valence-electron chi connectivity index (χ1n) is 10.2. The van der Waals surface area contributed by atoms with Crippen LogP contribution in [0.3, 0.4) is 0 Å². The molecule has 5 rings (SSSR count). The van der Waals surface area contributed by atoms with E-state index in [1.54, 1.807) is 4.68 Å². The number of benzene rings is 3. The summed E-state index contributed by atoms with van der Waals surface area (Å²) < 4.78 is 14.9. The molecule has 0 fully saturated rings. The minimum Gasteiger partial charge on any atom is -0.324 e. The van der Waals surface area contributed by atoms with Crippen LogP contribution in [0.4, 0.5) is 16.3 Å². The molecular weight excluding hydrogens is 405 g/mol. The van der Waals surface area contributed by atoms with E-state index >= 15 is 0 Å². The Hall–Kier alpha value is -4.26. The number of nitrogens with one attached hydrogen (secondary N) is 2. The van der Waals surface area contributed by atoms with Crippen molar-refractivity contribution >= 4 is 23.5 Å². The zero-order valence-electron chi connectivity index (χ0n) is 17.3. The number of aromatic nitrogens is 3. The molecule has 0 radical (unpaired) electrons. The summed E-state index contributed by atoms with van der Waals surface area (Å²) in [6, 6.07) is 23.3. The van der Waals surface area contributed by atoms with Crippen molar-refractivity contribution in [3.8, 4) is 0 Å². The van der Waals surface area contributed by atoms with Crippen molar-refractivity contribution in [2.75, 3.05) is 10.6 Å². The average Bonchev–Trinajstić information content (AvgIpc) is 3.22. The lowest BCUT2D eigenvalue weighted by Gasteiger charge is -2.24. The number of aryl methyl sites for hydroxylation is 1. The average molecular weight is 425 g/mol.